The summed E-state index contributed by atoms with van der Waals surface area (Å²) in [5, 5.41) is 0. The van der Waals surface area contributed by atoms with Gasteiger partial charge in [0.25, 0.3) is 11.5 Å². The summed E-state index contributed by atoms with van der Waals surface area (Å²) < 4.78 is 9.57. The van der Waals surface area contributed by atoms with Crippen LogP contribution in [0, 0.1) is 0 Å². The van der Waals surface area contributed by atoms with E-state index in [-0.39, 0.29) is 11.5 Å². The van der Waals surface area contributed by atoms with E-state index in [0.717, 1.165) is 28.3 Å². The number of amides is 1. The molecular formula is C31H26N4O3. The molecular weight excluding hydrogens is 476 g/mol. The zero-order chi connectivity index (χ0) is 25.9. The van der Waals surface area contributed by atoms with Crippen LogP contribution in [0.15, 0.2) is 114 Å². The first kappa shape index (κ1) is 23.5. The molecule has 0 N–H and O–H groups in total. The lowest BCUT2D eigenvalue weighted by molar-refractivity contribution is 0.0729. The molecule has 7 heteroatoms. The van der Waals surface area contributed by atoms with Crippen LogP contribution >= 0.6 is 0 Å². The maximum absolute atomic E-state index is 13.6. The minimum atomic E-state index is -0.0743. The fraction of sp³-hybridized carbons (Fsp3) is 0.129. The second-order valence-electron chi connectivity index (χ2n) is 9.21. The molecule has 0 saturated carbocycles. The van der Waals surface area contributed by atoms with Gasteiger partial charge in [0.2, 0.25) is 0 Å². The Hall–Kier alpha value is -4.91. The van der Waals surface area contributed by atoms with Crippen LogP contribution in [0.2, 0.25) is 0 Å². The maximum Gasteiger partial charge on any atom is 0.275 e. The van der Waals surface area contributed by atoms with Crippen molar-refractivity contribution in [2.75, 3.05) is 6.54 Å². The average Bonchev–Trinajstić information content (AvgIpc) is 3.25. The molecule has 1 aliphatic heterocycles. The minimum absolute atomic E-state index is 0.0374. The summed E-state index contributed by atoms with van der Waals surface area (Å²) in [6.07, 6.45) is 4.04. The summed E-state index contributed by atoms with van der Waals surface area (Å²) in [6, 6.07) is 30.2. The molecule has 0 bridgehead atoms. The van der Waals surface area contributed by atoms with Crippen molar-refractivity contribution in [2.24, 2.45) is 0 Å². The third-order valence-corrected chi connectivity index (χ3v) is 6.75. The zero-order valence-corrected chi connectivity index (χ0v) is 20.7. The Morgan fingerprint density at radius 2 is 1.55 bits per heavy atom. The summed E-state index contributed by atoms with van der Waals surface area (Å²) in [5.74, 6) is 1.33. The number of benzene rings is 3. The Balaban J connectivity index is 1.30. The van der Waals surface area contributed by atoms with Crippen LogP contribution in [0.25, 0.3) is 5.69 Å². The van der Waals surface area contributed by atoms with Crippen LogP contribution in [0.3, 0.4) is 0 Å². The first-order valence-electron chi connectivity index (χ1n) is 12.6. The van der Waals surface area contributed by atoms with E-state index >= 15 is 0 Å². The van der Waals surface area contributed by atoms with Crippen LogP contribution in [-0.4, -0.2) is 31.7 Å². The van der Waals surface area contributed by atoms with E-state index in [2.05, 4.69) is 4.98 Å². The summed E-state index contributed by atoms with van der Waals surface area (Å²) in [7, 11) is 0. The highest BCUT2D eigenvalue weighted by molar-refractivity contribution is 5.94. The van der Waals surface area contributed by atoms with Crippen LogP contribution in [0.5, 0.6) is 11.5 Å². The second-order valence-corrected chi connectivity index (χ2v) is 9.21. The number of para-hydroxylation sites is 2. The maximum atomic E-state index is 13.6. The van der Waals surface area contributed by atoms with E-state index in [9.17, 15) is 9.59 Å². The molecule has 0 radical (unpaired) electrons. The monoisotopic (exact) mass is 502 g/mol. The van der Waals surface area contributed by atoms with Gasteiger partial charge in [-0.15, -0.1) is 0 Å². The highest BCUT2D eigenvalue weighted by Crippen LogP contribution is 2.25. The number of carbonyl (C=O) groups is 1. The molecule has 0 atom stereocenters. The van der Waals surface area contributed by atoms with E-state index < -0.39 is 0 Å². The number of aromatic nitrogens is 3. The number of ether oxygens (including phenoxy) is 1. The Kier molecular flexibility index (Phi) is 6.32. The van der Waals surface area contributed by atoms with Gasteiger partial charge in [0.15, 0.2) is 0 Å². The molecule has 5 aromatic rings. The number of pyridine rings is 1. The normalized spacial score (nSPS) is 12.7. The standard InChI is InChI=1S/C31H26N4O3/c36-30(24-13-15-27(16-14-24)38-26-11-5-2-6-12-26)33-19-17-28-29(22-33)34(21-23-8-7-18-32-20-23)35(31(28)37)25-9-3-1-4-10-25/h1-16,18,20H,17,19,21-22H2. The Morgan fingerprint density at radius 1 is 0.842 bits per heavy atom. The number of hydrogen-bond acceptors (Lipinski definition) is 4. The van der Waals surface area contributed by atoms with Gasteiger partial charge < -0.3 is 9.64 Å². The molecule has 188 valence electrons. The van der Waals surface area contributed by atoms with Crippen LogP contribution in [-0.2, 0) is 19.5 Å². The number of nitrogens with zero attached hydrogens (tertiary/aromatic N) is 4. The van der Waals surface area contributed by atoms with Gasteiger partial charge in [0.05, 0.1) is 24.5 Å². The van der Waals surface area contributed by atoms with E-state index in [1.807, 2.05) is 82.4 Å². The number of carbonyl (C=O) groups excluding carboxylic acids is 1. The topological polar surface area (TPSA) is 69.4 Å². The van der Waals surface area contributed by atoms with Gasteiger partial charge in [-0.25, -0.2) is 4.68 Å². The highest BCUT2D eigenvalue weighted by Gasteiger charge is 2.29. The van der Waals surface area contributed by atoms with Crippen molar-refractivity contribution < 1.29 is 9.53 Å². The van der Waals surface area contributed by atoms with Gasteiger partial charge in [-0.3, -0.25) is 19.3 Å². The van der Waals surface area contributed by atoms with E-state index in [0.29, 0.717) is 37.4 Å². The second kappa shape index (κ2) is 10.2. The van der Waals surface area contributed by atoms with Gasteiger partial charge in [-0.1, -0.05) is 42.5 Å². The van der Waals surface area contributed by atoms with Gasteiger partial charge >= 0.3 is 0 Å². The van der Waals surface area contributed by atoms with Crippen molar-refractivity contribution in [1.82, 2.24) is 19.2 Å². The predicted octanol–water partition coefficient (Wildman–Crippen LogP) is 5.07. The lowest BCUT2D eigenvalue weighted by Gasteiger charge is -2.28. The lowest BCUT2D eigenvalue weighted by atomic mass is 10.1. The van der Waals surface area contributed by atoms with Crippen molar-refractivity contribution in [3.63, 3.8) is 0 Å². The van der Waals surface area contributed by atoms with Crippen molar-refractivity contribution >= 4 is 5.91 Å². The van der Waals surface area contributed by atoms with Gasteiger partial charge in [-0.05, 0) is 66.6 Å². The Labute approximate surface area is 220 Å². The summed E-state index contributed by atoms with van der Waals surface area (Å²) in [5.41, 5.74) is 3.93. The highest BCUT2D eigenvalue weighted by atomic mass is 16.5. The fourth-order valence-electron chi connectivity index (χ4n) is 4.87. The third-order valence-electron chi connectivity index (χ3n) is 6.75. The molecule has 2 aromatic heterocycles. The molecule has 7 nitrogen and oxygen atoms in total. The number of rotatable bonds is 6. The molecule has 3 aromatic carbocycles. The third kappa shape index (κ3) is 4.62. The molecule has 0 saturated heterocycles. The Morgan fingerprint density at radius 3 is 2.26 bits per heavy atom. The minimum Gasteiger partial charge on any atom is -0.457 e. The van der Waals surface area contributed by atoms with Gasteiger partial charge in [0.1, 0.15) is 11.5 Å². The van der Waals surface area contributed by atoms with Gasteiger partial charge in [-0.2, -0.15) is 0 Å². The molecule has 38 heavy (non-hydrogen) atoms. The first-order chi connectivity index (χ1) is 18.7. The smallest absolute Gasteiger partial charge is 0.275 e. The summed E-state index contributed by atoms with van der Waals surface area (Å²) in [4.78, 5) is 33.1. The number of hydrogen-bond donors (Lipinski definition) is 0. The van der Waals surface area contributed by atoms with Crippen LogP contribution < -0.4 is 10.3 Å². The number of fused-ring (bicyclic) bond motifs is 1. The molecule has 0 aliphatic carbocycles. The van der Waals surface area contributed by atoms with E-state index in [1.165, 1.54) is 0 Å². The van der Waals surface area contributed by atoms with Crippen molar-refractivity contribution in [1.29, 1.82) is 0 Å². The molecule has 1 amide bonds. The quantitative estimate of drug-likeness (QED) is 0.325. The van der Waals surface area contributed by atoms with Crippen molar-refractivity contribution in [2.45, 2.75) is 19.5 Å². The Bertz CT molecular complexity index is 1610. The molecule has 0 unspecified atom stereocenters. The molecule has 1 aliphatic rings. The van der Waals surface area contributed by atoms with Crippen LogP contribution in [0.1, 0.15) is 27.2 Å². The van der Waals surface area contributed by atoms with Crippen molar-refractivity contribution in [3.8, 4) is 17.2 Å². The molecule has 0 fully saturated rings. The SMILES string of the molecule is O=C(c1ccc(Oc2ccccc2)cc1)N1CCc2c(n(Cc3cccnc3)n(-c3ccccc3)c2=O)C1. The molecule has 3 heterocycles. The fourth-order valence-corrected chi connectivity index (χ4v) is 4.87. The zero-order valence-electron chi connectivity index (χ0n) is 20.7. The predicted molar refractivity (Wildman–Crippen MR) is 145 cm³/mol. The van der Waals surface area contributed by atoms with Gasteiger partial charge in [0, 0.05) is 30.1 Å². The van der Waals surface area contributed by atoms with E-state index in [1.54, 1.807) is 41.3 Å². The molecule has 0 spiro atoms. The summed E-state index contributed by atoms with van der Waals surface area (Å²) >= 11 is 0. The lowest BCUT2D eigenvalue weighted by Crippen LogP contribution is -2.37. The average molecular weight is 503 g/mol. The van der Waals surface area contributed by atoms with Crippen molar-refractivity contribution in [3.05, 3.63) is 142 Å². The first-order valence-corrected chi connectivity index (χ1v) is 12.6. The molecule has 6 rings (SSSR count). The largest absolute Gasteiger partial charge is 0.457 e. The van der Waals surface area contributed by atoms with Crippen LogP contribution in [0.4, 0.5) is 0 Å². The van der Waals surface area contributed by atoms with E-state index in [4.69, 9.17) is 4.74 Å². The summed E-state index contributed by atoms with van der Waals surface area (Å²) in [6.45, 7) is 1.31.